The Labute approximate surface area is 105 Å². The van der Waals surface area contributed by atoms with Crippen LogP contribution in [-0.4, -0.2) is 11.1 Å². The highest BCUT2D eigenvalue weighted by molar-refractivity contribution is 5.94. The molecule has 4 nitrogen and oxygen atoms in total. The first kappa shape index (κ1) is 12.2. The highest BCUT2D eigenvalue weighted by Crippen LogP contribution is 2.18. The van der Waals surface area contributed by atoms with Gasteiger partial charge in [-0.05, 0) is 38.1 Å². The van der Waals surface area contributed by atoms with Crippen LogP contribution >= 0.6 is 0 Å². The lowest BCUT2D eigenvalue weighted by atomic mass is 10.1. The first-order valence-electron chi connectivity index (χ1n) is 5.69. The average Bonchev–Trinajstić information content (AvgIpc) is 2.73. The summed E-state index contributed by atoms with van der Waals surface area (Å²) in [5, 5.41) is 12.2. The fourth-order valence-electron chi connectivity index (χ4n) is 1.75. The van der Waals surface area contributed by atoms with Crippen LogP contribution in [0.1, 0.15) is 27.4 Å². The van der Waals surface area contributed by atoms with E-state index < -0.39 is 5.97 Å². The Balaban J connectivity index is 2.16. The average molecular weight is 245 g/mol. The summed E-state index contributed by atoms with van der Waals surface area (Å²) < 4.78 is 5.42. The molecule has 0 saturated carbocycles. The van der Waals surface area contributed by atoms with Gasteiger partial charge in [0.1, 0.15) is 11.5 Å². The van der Waals surface area contributed by atoms with Crippen molar-refractivity contribution in [3.8, 4) is 0 Å². The summed E-state index contributed by atoms with van der Waals surface area (Å²) in [4.78, 5) is 11.1. The van der Waals surface area contributed by atoms with Gasteiger partial charge in [0, 0.05) is 5.69 Å². The molecule has 0 aliphatic heterocycles. The third-order valence-corrected chi connectivity index (χ3v) is 2.65. The topological polar surface area (TPSA) is 62.5 Å². The molecular weight excluding hydrogens is 230 g/mol. The van der Waals surface area contributed by atoms with Gasteiger partial charge in [-0.2, -0.15) is 0 Å². The van der Waals surface area contributed by atoms with Gasteiger partial charge in [0.15, 0.2) is 0 Å². The zero-order valence-corrected chi connectivity index (χ0v) is 10.4. The third kappa shape index (κ3) is 2.71. The maximum absolute atomic E-state index is 11.1. The number of nitrogens with one attached hydrogen (secondary N) is 1. The summed E-state index contributed by atoms with van der Waals surface area (Å²) in [6.07, 6.45) is 0. The highest BCUT2D eigenvalue weighted by atomic mass is 16.4. The van der Waals surface area contributed by atoms with Crippen LogP contribution < -0.4 is 5.32 Å². The number of carbonyl (C=O) groups is 1. The molecule has 2 N–H and O–H groups in total. The highest BCUT2D eigenvalue weighted by Gasteiger charge is 2.10. The number of furan rings is 1. The van der Waals surface area contributed by atoms with Crippen LogP contribution in [0.3, 0.4) is 0 Å². The van der Waals surface area contributed by atoms with Crippen LogP contribution in [0.15, 0.2) is 34.7 Å². The molecule has 0 aliphatic carbocycles. The van der Waals surface area contributed by atoms with Crippen molar-refractivity contribution in [1.29, 1.82) is 0 Å². The molecular formula is C14H15NO3. The minimum atomic E-state index is -0.933. The monoisotopic (exact) mass is 245 g/mol. The lowest BCUT2D eigenvalue weighted by Crippen LogP contribution is -2.06. The van der Waals surface area contributed by atoms with Gasteiger partial charge in [-0.25, -0.2) is 4.79 Å². The zero-order valence-electron chi connectivity index (χ0n) is 10.4. The van der Waals surface area contributed by atoms with E-state index in [9.17, 15) is 4.79 Å². The molecule has 0 aliphatic rings. The number of aryl methyl sites for hydroxylation is 2. The molecule has 2 aromatic rings. The van der Waals surface area contributed by atoms with Crippen LogP contribution in [0, 0.1) is 13.8 Å². The van der Waals surface area contributed by atoms with E-state index in [2.05, 4.69) is 5.32 Å². The lowest BCUT2D eigenvalue weighted by molar-refractivity contribution is 0.0698. The summed E-state index contributed by atoms with van der Waals surface area (Å²) in [5.74, 6) is 0.690. The van der Waals surface area contributed by atoms with Crippen molar-refractivity contribution in [2.45, 2.75) is 20.4 Å². The Kier molecular flexibility index (Phi) is 3.37. The van der Waals surface area contributed by atoms with Crippen molar-refractivity contribution in [3.63, 3.8) is 0 Å². The van der Waals surface area contributed by atoms with E-state index in [1.807, 2.05) is 32.0 Å². The number of hydrogen-bond acceptors (Lipinski definition) is 3. The van der Waals surface area contributed by atoms with Gasteiger partial charge in [0.05, 0.1) is 12.1 Å². The van der Waals surface area contributed by atoms with Gasteiger partial charge in [-0.1, -0.05) is 11.6 Å². The predicted molar refractivity (Wildman–Crippen MR) is 68.9 cm³/mol. The van der Waals surface area contributed by atoms with E-state index in [4.69, 9.17) is 9.52 Å². The van der Waals surface area contributed by atoms with Crippen molar-refractivity contribution in [2.24, 2.45) is 0 Å². The smallest absolute Gasteiger partial charge is 0.337 e. The van der Waals surface area contributed by atoms with Gasteiger partial charge in [-0.15, -0.1) is 0 Å². The van der Waals surface area contributed by atoms with E-state index in [1.165, 1.54) is 0 Å². The van der Waals surface area contributed by atoms with Crippen molar-refractivity contribution < 1.29 is 14.3 Å². The van der Waals surface area contributed by atoms with E-state index in [0.717, 1.165) is 17.1 Å². The fraction of sp³-hybridized carbons (Fsp3) is 0.214. The molecule has 0 fully saturated rings. The Morgan fingerprint density at radius 1 is 1.28 bits per heavy atom. The molecule has 1 heterocycles. The van der Waals surface area contributed by atoms with E-state index in [-0.39, 0.29) is 5.56 Å². The SMILES string of the molecule is Cc1ccc(NCc2ccc(C)o2)c(C(=O)O)c1. The second-order valence-corrected chi connectivity index (χ2v) is 4.22. The Bertz CT molecular complexity index is 572. The molecule has 0 radical (unpaired) electrons. The van der Waals surface area contributed by atoms with Crippen molar-refractivity contribution in [2.75, 3.05) is 5.32 Å². The van der Waals surface area contributed by atoms with Gasteiger partial charge in [0.2, 0.25) is 0 Å². The van der Waals surface area contributed by atoms with Crippen LogP contribution in [-0.2, 0) is 6.54 Å². The van der Waals surface area contributed by atoms with E-state index >= 15 is 0 Å². The molecule has 0 bridgehead atoms. The van der Waals surface area contributed by atoms with Gasteiger partial charge in [-0.3, -0.25) is 0 Å². The molecule has 2 rings (SSSR count). The van der Waals surface area contributed by atoms with E-state index in [1.54, 1.807) is 12.1 Å². The Morgan fingerprint density at radius 3 is 2.67 bits per heavy atom. The number of benzene rings is 1. The number of carboxylic acid groups (broad SMARTS) is 1. The number of anilines is 1. The summed E-state index contributed by atoms with van der Waals surface area (Å²) in [6, 6.07) is 9.05. The maximum Gasteiger partial charge on any atom is 0.337 e. The van der Waals surface area contributed by atoms with Crippen molar-refractivity contribution >= 4 is 11.7 Å². The number of hydrogen-bond donors (Lipinski definition) is 2. The Morgan fingerprint density at radius 2 is 2.06 bits per heavy atom. The van der Waals surface area contributed by atoms with Gasteiger partial charge < -0.3 is 14.8 Å². The molecule has 0 unspecified atom stereocenters. The van der Waals surface area contributed by atoms with Gasteiger partial charge >= 0.3 is 5.97 Å². The van der Waals surface area contributed by atoms with Gasteiger partial charge in [0.25, 0.3) is 0 Å². The quantitative estimate of drug-likeness (QED) is 0.868. The number of carboxylic acids is 1. The first-order valence-corrected chi connectivity index (χ1v) is 5.69. The van der Waals surface area contributed by atoms with Crippen molar-refractivity contribution in [1.82, 2.24) is 0 Å². The standard InChI is InChI=1S/C14H15NO3/c1-9-3-6-13(12(7-9)14(16)17)15-8-11-5-4-10(2)18-11/h3-7,15H,8H2,1-2H3,(H,16,17). The molecule has 1 aromatic heterocycles. The van der Waals surface area contributed by atoms with Crippen LogP contribution in [0.4, 0.5) is 5.69 Å². The summed E-state index contributed by atoms with van der Waals surface area (Å²) >= 11 is 0. The number of rotatable bonds is 4. The lowest BCUT2D eigenvalue weighted by Gasteiger charge is -2.09. The second-order valence-electron chi connectivity index (χ2n) is 4.22. The summed E-state index contributed by atoms with van der Waals surface area (Å²) in [7, 11) is 0. The minimum absolute atomic E-state index is 0.276. The largest absolute Gasteiger partial charge is 0.478 e. The van der Waals surface area contributed by atoms with Crippen molar-refractivity contribution in [3.05, 3.63) is 53.0 Å². The minimum Gasteiger partial charge on any atom is -0.478 e. The van der Waals surface area contributed by atoms with Crippen LogP contribution in [0.25, 0.3) is 0 Å². The maximum atomic E-state index is 11.1. The van der Waals surface area contributed by atoms with Crippen LogP contribution in [0.2, 0.25) is 0 Å². The molecule has 0 atom stereocenters. The predicted octanol–water partition coefficient (Wildman–Crippen LogP) is 3.21. The normalized spacial score (nSPS) is 10.3. The molecule has 0 amide bonds. The molecule has 94 valence electrons. The fourth-order valence-corrected chi connectivity index (χ4v) is 1.75. The molecule has 1 aromatic carbocycles. The van der Waals surface area contributed by atoms with E-state index in [0.29, 0.717) is 12.2 Å². The number of aromatic carboxylic acids is 1. The zero-order chi connectivity index (χ0) is 13.1. The third-order valence-electron chi connectivity index (χ3n) is 2.65. The Hall–Kier alpha value is -2.23. The first-order chi connectivity index (χ1) is 8.56. The summed E-state index contributed by atoms with van der Waals surface area (Å²) in [5.41, 5.74) is 1.80. The molecule has 0 spiro atoms. The molecule has 0 saturated heterocycles. The summed E-state index contributed by atoms with van der Waals surface area (Å²) in [6.45, 7) is 4.21. The second kappa shape index (κ2) is 4.96. The molecule has 18 heavy (non-hydrogen) atoms. The molecule has 4 heteroatoms. The van der Waals surface area contributed by atoms with Crippen LogP contribution in [0.5, 0.6) is 0 Å².